The topological polar surface area (TPSA) is 120 Å². The van der Waals surface area contributed by atoms with Crippen LogP contribution in [0.4, 0.5) is 14.4 Å². The van der Waals surface area contributed by atoms with E-state index in [0.29, 0.717) is 37.4 Å². The number of carbonyl (C=O) groups excluding carboxylic acids is 4. The molecule has 2 N–H and O–H groups in total. The Morgan fingerprint density at radius 2 is 1.62 bits per heavy atom. The van der Waals surface area contributed by atoms with Gasteiger partial charge in [-0.25, -0.2) is 14.4 Å². The Kier molecular flexibility index (Phi) is 12.3. The Morgan fingerprint density at radius 3 is 2.20 bits per heavy atom. The van der Waals surface area contributed by atoms with Crippen LogP contribution in [0.2, 0.25) is 0 Å². The summed E-state index contributed by atoms with van der Waals surface area (Å²) in [6, 6.07) is 8.19. The van der Waals surface area contributed by atoms with Gasteiger partial charge >= 0.3 is 24.2 Å². The molecule has 4 amide bonds. The van der Waals surface area contributed by atoms with E-state index in [1.54, 1.807) is 41.5 Å². The van der Waals surface area contributed by atoms with Crippen molar-refractivity contribution in [3.63, 3.8) is 0 Å². The molecular formula is C29H46N3O7S+. The number of hydrogen-bond acceptors (Lipinski definition) is 8. The molecule has 0 aromatic heterocycles. The number of benzene rings is 1. The predicted octanol–water partition coefficient (Wildman–Crippen LogP) is 5.39. The van der Waals surface area contributed by atoms with Gasteiger partial charge in [0.1, 0.15) is 29.9 Å². The third-order valence-electron chi connectivity index (χ3n) is 6.27. The molecule has 11 heteroatoms. The number of ether oxygens (including phenoxy) is 3. The molecule has 1 aromatic rings. The van der Waals surface area contributed by atoms with E-state index in [0.717, 1.165) is 5.56 Å². The SMILES string of the molecule is C[C@@H]1CCC[N+]1(C(=O)OC(C)(C)C)C(=O)[C@H](CCSCCNC(=O)OCc1ccccc1)NC(=O)OC(C)(C)C. The number of rotatable bonds is 10. The molecule has 224 valence electrons. The first-order chi connectivity index (χ1) is 18.6. The average Bonchev–Trinajstić information content (AvgIpc) is 3.24. The van der Waals surface area contributed by atoms with Crippen molar-refractivity contribution in [3.05, 3.63) is 35.9 Å². The van der Waals surface area contributed by atoms with E-state index >= 15 is 0 Å². The van der Waals surface area contributed by atoms with E-state index in [4.69, 9.17) is 14.2 Å². The maximum Gasteiger partial charge on any atom is 0.524 e. The van der Waals surface area contributed by atoms with E-state index in [1.165, 1.54) is 11.8 Å². The van der Waals surface area contributed by atoms with E-state index < -0.39 is 45.9 Å². The minimum absolute atomic E-state index is 0.190. The second-order valence-corrected chi connectivity index (χ2v) is 13.2. The number of alkyl carbamates (subject to hydrolysis) is 2. The summed E-state index contributed by atoms with van der Waals surface area (Å²) in [7, 11) is 0. The van der Waals surface area contributed by atoms with Crippen LogP contribution >= 0.6 is 11.8 Å². The van der Waals surface area contributed by atoms with Crippen LogP contribution in [0.25, 0.3) is 0 Å². The number of quaternary nitrogens is 1. The Hall–Kier alpha value is -2.79. The lowest BCUT2D eigenvalue weighted by atomic mass is 10.1. The van der Waals surface area contributed by atoms with Gasteiger partial charge in [-0.15, -0.1) is 0 Å². The quantitative estimate of drug-likeness (QED) is 0.215. The molecule has 0 spiro atoms. The van der Waals surface area contributed by atoms with Crippen molar-refractivity contribution < 1.29 is 37.9 Å². The monoisotopic (exact) mass is 580 g/mol. The summed E-state index contributed by atoms with van der Waals surface area (Å²) in [5, 5.41) is 5.43. The van der Waals surface area contributed by atoms with Gasteiger partial charge in [0.15, 0.2) is 0 Å². The van der Waals surface area contributed by atoms with E-state index in [2.05, 4.69) is 10.6 Å². The molecule has 1 unspecified atom stereocenters. The van der Waals surface area contributed by atoms with Crippen LogP contribution in [0.3, 0.4) is 0 Å². The van der Waals surface area contributed by atoms with Crippen molar-refractivity contribution in [2.45, 2.75) is 97.6 Å². The van der Waals surface area contributed by atoms with Crippen molar-refractivity contribution in [1.29, 1.82) is 0 Å². The first-order valence-corrected chi connectivity index (χ1v) is 15.0. The minimum atomic E-state index is -0.945. The fourth-order valence-corrected chi connectivity index (χ4v) is 5.25. The normalized spacial score (nSPS) is 19.8. The van der Waals surface area contributed by atoms with Crippen LogP contribution in [0.15, 0.2) is 30.3 Å². The molecule has 40 heavy (non-hydrogen) atoms. The van der Waals surface area contributed by atoms with Crippen molar-refractivity contribution in [3.8, 4) is 0 Å². The largest absolute Gasteiger partial charge is 0.524 e. The fourth-order valence-electron chi connectivity index (χ4n) is 4.40. The van der Waals surface area contributed by atoms with Crippen molar-refractivity contribution in [2.75, 3.05) is 24.6 Å². The number of imide groups is 1. The highest BCUT2D eigenvalue weighted by atomic mass is 32.2. The molecular weight excluding hydrogens is 534 g/mol. The number of thioether (sulfide) groups is 1. The number of nitrogens with zero attached hydrogens (tertiary/aromatic N) is 1. The summed E-state index contributed by atoms with van der Waals surface area (Å²) in [4.78, 5) is 52.1. The molecule has 0 saturated carbocycles. The third-order valence-corrected chi connectivity index (χ3v) is 7.28. The van der Waals surface area contributed by atoms with Gasteiger partial charge in [0, 0.05) is 25.1 Å². The molecule has 10 nitrogen and oxygen atoms in total. The van der Waals surface area contributed by atoms with Gasteiger partial charge in [0.2, 0.25) is 0 Å². The van der Waals surface area contributed by atoms with Crippen molar-refractivity contribution >= 4 is 35.9 Å². The molecule has 0 bridgehead atoms. The summed E-state index contributed by atoms with van der Waals surface area (Å²) in [5.41, 5.74) is -0.602. The zero-order valence-electron chi connectivity index (χ0n) is 24.9. The molecule has 0 radical (unpaired) electrons. The van der Waals surface area contributed by atoms with Crippen LogP contribution in [-0.4, -0.2) is 76.6 Å². The maximum absolute atomic E-state index is 14.0. The van der Waals surface area contributed by atoms with E-state index in [1.807, 2.05) is 37.3 Å². The average molecular weight is 581 g/mol. The number of nitrogens with one attached hydrogen (secondary N) is 2. The summed E-state index contributed by atoms with van der Waals surface area (Å²) in [6.45, 7) is 13.3. The summed E-state index contributed by atoms with van der Waals surface area (Å²) in [5.74, 6) is 0.694. The molecule has 3 atom stereocenters. The zero-order valence-corrected chi connectivity index (χ0v) is 25.7. The molecule has 1 aromatic carbocycles. The third kappa shape index (κ3) is 10.6. The predicted molar refractivity (Wildman–Crippen MR) is 155 cm³/mol. The Morgan fingerprint density at radius 1 is 0.975 bits per heavy atom. The molecule has 1 aliphatic heterocycles. The van der Waals surface area contributed by atoms with Crippen LogP contribution in [0.1, 0.15) is 73.3 Å². The van der Waals surface area contributed by atoms with Gasteiger partial charge in [0.25, 0.3) is 0 Å². The molecule has 1 heterocycles. The highest BCUT2D eigenvalue weighted by Gasteiger charge is 2.57. The highest BCUT2D eigenvalue weighted by Crippen LogP contribution is 2.32. The van der Waals surface area contributed by atoms with Crippen LogP contribution in [0.5, 0.6) is 0 Å². The second-order valence-electron chi connectivity index (χ2n) is 12.0. The van der Waals surface area contributed by atoms with Gasteiger partial charge in [-0.05, 0) is 66.2 Å². The van der Waals surface area contributed by atoms with Crippen LogP contribution < -0.4 is 10.6 Å². The van der Waals surface area contributed by atoms with E-state index in [9.17, 15) is 19.2 Å². The lowest BCUT2D eigenvalue weighted by Crippen LogP contribution is -2.65. The number of amides is 4. The summed E-state index contributed by atoms with van der Waals surface area (Å²) >= 11 is 1.52. The number of carbonyl (C=O) groups is 4. The first-order valence-electron chi connectivity index (χ1n) is 13.8. The van der Waals surface area contributed by atoms with Crippen LogP contribution in [0, 0.1) is 0 Å². The lowest BCUT2D eigenvalue weighted by molar-refractivity contribution is -0.794. The maximum atomic E-state index is 14.0. The summed E-state index contributed by atoms with van der Waals surface area (Å²) < 4.78 is 15.9. The number of hydrogen-bond donors (Lipinski definition) is 2. The first kappa shape index (κ1) is 33.4. The van der Waals surface area contributed by atoms with Crippen molar-refractivity contribution in [1.82, 2.24) is 10.6 Å². The molecule has 0 aliphatic carbocycles. The number of likely N-dealkylation sites (tertiary alicyclic amines) is 1. The Labute approximate surface area is 242 Å². The molecule has 1 fully saturated rings. The molecule has 1 aliphatic rings. The Bertz CT molecular complexity index is 1010. The molecule has 1 saturated heterocycles. The second kappa shape index (κ2) is 14.7. The zero-order chi connectivity index (χ0) is 30.0. The molecule has 2 rings (SSSR count). The smallest absolute Gasteiger partial charge is 0.445 e. The van der Waals surface area contributed by atoms with E-state index in [-0.39, 0.29) is 19.1 Å². The van der Waals surface area contributed by atoms with Gasteiger partial charge in [-0.2, -0.15) is 21.0 Å². The van der Waals surface area contributed by atoms with Gasteiger partial charge < -0.3 is 24.8 Å². The lowest BCUT2D eigenvalue weighted by Gasteiger charge is -2.36. The van der Waals surface area contributed by atoms with Gasteiger partial charge in [-0.3, -0.25) is 0 Å². The fraction of sp³-hybridized carbons (Fsp3) is 0.655. The standard InChI is InChI=1S/C29H45N3O7S/c1-21-12-11-17-32(21,27(36)39-29(5,6)7)24(33)23(31-26(35)38-28(2,3)4)15-18-40-19-16-30-25(34)37-20-22-13-9-8-10-14-22/h8-10,13-14,21,23H,11-12,15-20H2,1-7H3,(H-,30,31,34,35)/p+1/t21-,23+,32?/m1/s1. The van der Waals surface area contributed by atoms with Gasteiger partial charge in [-0.1, -0.05) is 30.3 Å². The summed E-state index contributed by atoms with van der Waals surface area (Å²) in [6.07, 6.45) is -0.124. The van der Waals surface area contributed by atoms with Gasteiger partial charge in [0.05, 0.1) is 6.54 Å². The Balaban J connectivity index is 1.99. The van der Waals surface area contributed by atoms with Crippen molar-refractivity contribution in [2.24, 2.45) is 0 Å². The highest BCUT2D eigenvalue weighted by molar-refractivity contribution is 7.99. The van der Waals surface area contributed by atoms with Crippen LogP contribution in [-0.2, 0) is 25.6 Å². The minimum Gasteiger partial charge on any atom is -0.445 e.